The first-order valence-electron chi connectivity index (χ1n) is 6.24. The molecule has 1 atom stereocenters. The minimum Gasteiger partial charge on any atom is -0.396 e. The fraction of sp³-hybridized carbons (Fsp3) is 0.818. The summed E-state index contributed by atoms with van der Waals surface area (Å²) in [6.07, 6.45) is 1.35. The summed E-state index contributed by atoms with van der Waals surface area (Å²) in [6, 6.07) is 0.00137. The highest BCUT2D eigenvalue weighted by atomic mass is 16.3. The van der Waals surface area contributed by atoms with Gasteiger partial charge < -0.3 is 10.4 Å². The molecule has 0 spiro atoms. The summed E-state index contributed by atoms with van der Waals surface area (Å²) >= 11 is 0. The van der Waals surface area contributed by atoms with Gasteiger partial charge in [0.1, 0.15) is 6.54 Å². The Hall–Kier alpha value is -1.50. The molecule has 0 fully saturated rings. The maximum absolute atomic E-state index is 11.8. The van der Waals surface area contributed by atoms with Crippen molar-refractivity contribution >= 4 is 5.91 Å². The van der Waals surface area contributed by atoms with E-state index in [-0.39, 0.29) is 31.0 Å². The number of tetrazole rings is 1. The van der Waals surface area contributed by atoms with E-state index in [2.05, 4.69) is 20.8 Å². The van der Waals surface area contributed by atoms with E-state index < -0.39 is 0 Å². The predicted octanol–water partition coefficient (Wildman–Crippen LogP) is 0.0737. The first-order chi connectivity index (χ1) is 8.58. The lowest BCUT2D eigenvalue weighted by Crippen LogP contribution is -2.37. The molecule has 1 heterocycles. The maximum Gasteiger partial charge on any atom is 0.242 e. The fourth-order valence-corrected chi connectivity index (χ4v) is 1.68. The molecule has 1 amide bonds. The van der Waals surface area contributed by atoms with Crippen LogP contribution in [-0.4, -0.2) is 43.9 Å². The van der Waals surface area contributed by atoms with Gasteiger partial charge in [-0.1, -0.05) is 20.8 Å². The van der Waals surface area contributed by atoms with Gasteiger partial charge in [0.15, 0.2) is 5.82 Å². The van der Waals surface area contributed by atoms with Gasteiger partial charge in [-0.05, 0) is 23.3 Å². The zero-order valence-corrected chi connectivity index (χ0v) is 11.1. The molecule has 7 nitrogen and oxygen atoms in total. The molecule has 0 aliphatic carbocycles. The van der Waals surface area contributed by atoms with Crippen molar-refractivity contribution in [3.05, 3.63) is 5.82 Å². The quantitative estimate of drug-likeness (QED) is 0.719. The van der Waals surface area contributed by atoms with Crippen LogP contribution >= 0.6 is 0 Å². The van der Waals surface area contributed by atoms with Crippen LogP contribution in [0.1, 0.15) is 45.4 Å². The van der Waals surface area contributed by atoms with Crippen molar-refractivity contribution in [3.8, 4) is 0 Å². The summed E-state index contributed by atoms with van der Waals surface area (Å²) in [7, 11) is 0. The van der Waals surface area contributed by atoms with Crippen LogP contribution in [0.25, 0.3) is 0 Å². The van der Waals surface area contributed by atoms with Crippen molar-refractivity contribution in [3.63, 3.8) is 0 Å². The number of hydrogen-bond acceptors (Lipinski definition) is 5. The van der Waals surface area contributed by atoms with E-state index in [9.17, 15) is 4.79 Å². The van der Waals surface area contributed by atoms with Gasteiger partial charge in [-0.15, -0.1) is 5.10 Å². The second-order valence-electron chi connectivity index (χ2n) is 4.53. The number of carbonyl (C=O) groups excluding carboxylic acids is 1. The van der Waals surface area contributed by atoms with E-state index >= 15 is 0 Å². The van der Waals surface area contributed by atoms with Crippen molar-refractivity contribution in [2.24, 2.45) is 0 Å². The summed E-state index contributed by atoms with van der Waals surface area (Å²) < 4.78 is 1.51. The Kier molecular flexibility index (Phi) is 5.70. The van der Waals surface area contributed by atoms with E-state index in [4.69, 9.17) is 5.11 Å². The Morgan fingerprint density at radius 3 is 2.78 bits per heavy atom. The molecule has 102 valence electrons. The van der Waals surface area contributed by atoms with Crippen LogP contribution < -0.4 is 5.32 Å². The topological polar surface area (TPSA) is 92.9 Å². The van der Waals surface area contributed by atoms with Crippen LogP contribution in [0.5, 0.6) is 0 Å². The Morgan fingerprint density at radius 1 is 1.50 bits per heavy atom. The first kappa shape index (κ1) is 14.6. The molecule has 1 aromatic rings. The molecule has 0 saturated carbocycles. The van der Waals surface area contributed by atoms with Gasteiger partial charge in [-0.2, -0.15) is 0 Å². The van der Waals surface area contributed by atoms with Gasteiger partial charge in [0, 0.05) is 18.6 Å². The number of rotatable bonds is 7. The lowest BCUT2D eigenvalue weighted by atomic mass is 10.1. The average Bonchev–Trinajstić information content (AvgIpc) is 2.76. The Morgan fingerprint density at radius 2 is 2.22 bits per heavy atom. The molecule has 0 radical (unpaired) electrons. The zero-order valence-electron chi connectivity index (χ0n) is 11.1. The van der Waals surface area contributed by atoms with Crippen LogP contribution in [0.3, 0.4) is 0 Å². The third-order valence-electron chi connectivity index (χ3n) is 2.70. The monoisotopic (exact) mass is 255 g/mol. The second kappa shape index (κ2) is 7.05. The van der Waals surface area contributed by atoms with Crippen LogP contribution in [-0.2, 0) is 11.3 Å². The van der Waals surface area contributed by atoms with Crippen molar-refractivity contribution in [2.75, 3.05) is 6.61 Å². The lowest BCUT2D eigenvalue weighted by Gasteiger charge is -2.16. The largest absolute Gasteiger partial charge is 0.396 e. The predicted molar refractivity (Wildman–Crippen MR) is 65.8 cm³/mol. The first-order valence-corrected chi connectivity index (χ1v) is 6.24. The van der Waals surface area contributed by atoms with Crippen LogP contribution in [0.4, 0.5) is 0 Å². The number of carbonyl (C=O) groups is 1. The van der Waals surface area contributed by atoms with Crippen molar-refractivity contribution < 1.29 is 9.90 Å². The Labute approximate surface area is 107 Å². The van der Waals surface area contributed by atoms with E-state index in [1.165, 1.54) is 4.68 Å². The molecule has 2 N–H and O–H groups in total. The molecular formula is C11H21N5O2. The number of nitrogens with zero attached hydrogens (tertiary/aromatic N) is 4. The summed E-state index contributed by atoms with van der Waals surface area (Å²) in [5.74, 6) is 0.733. The normalized spacial score (nSPS) is 12.7. The zero-order chi connectivity index (χ0) is 13.5. The number of nitrogens with one attached hydrogen (secondary N) is 1. The molecule has 1 aromatic heterocycles. The molecular weight excluding hydrogens is 234 g/mol. The third-order valence-corrected chi connectivity index (χ3v) is 2.70. The van der Waals surface area contributed by atoms with Crippen LogP contribution in [0.2, 0.25) is 0 Å². The van der Waals surface area contributed by atoms with Gasteiger partial charge in [-0.3, -0.25) is 4.79 Å². The third kappa shape index (κ3) is 4.06. The van der Waals surface area contributed by atoms with Gasteiger partial charge in [0.05, 0.1) is 0 Å². The number of aliphatic hydroxyl groups excluding tert-OH is 1. The number of aromatic nitrogens is 4. The lowest BCUT2D eigenvalue weighted by molar-refractivity contribution is -0.122. The van der Waals surface area contributed by atoms with Gasteiger partial charge in [0.2, 0.25) is 5.91 Å². The minimum absolute atomic E-state index is 0.00137. The highest BCUT2D eigenvalue weighted by molar-refractivity contribution is 5.75. The standard InChI is InChI=1S/C11H21N5O2/c1-4-9(5-6-17)12-10(18)7-16-11(8(2)3)13-14-15-16/h8-9,17H,4-7H2,1-3H3,(H,12,18). The molecule has 18 heavy (non-hydrogen) atoms. The molecule has 1 unspecified atom stereocenters. The maximum atomic E-state index is 11.8. The van der Waals surface area contributed by atoms with Crippen LogP contribution in [0.15, 0.2) is 0 Å². The highest BCUT2D eigenvalue weighted by Gasteiger charge is 2.15. The van der Waals surface area contributed by atoms with Crippen molar-refractivity contribution in [1.29, 1.82) is 0 Å². The van der Waals surface area contributed by atoms with E-state index in [0.29, 0.717) is 12.2 Å². The molecule has 1 rings (SSSR count). The van der Waals surface area contributed by atoms with Crippen molar-refractivity contribution in [1.82, 2.24) is 25.5 Å². The van der Waals surface area contributed by atoms with Gasteiger partial charge in [-0.25, -0.2) is 4.68 Å². The highest BCUT2D eigenvalue weighted by Crippen LogP contribution is 2.08. The van der Waals surface area contributed by atoms with E-state index in [0.717, 1.165) is 6.42 Å². The van der Waals surface area contributed by atoms with E-state index in [1.54, 1.807) is 0 Å². The summed E-state index contributed by atoms with van der Waals surface area (Å²) in [5.41, 5.74) is 0. The smallest absolute Gasteiger partial charge is 0.242 e. The molecule has 0 aliphatic heterocycles. The van der Waals surface area contributed by atoms with Crippen molar-refractivity contribution in [2.45, 2.75) is 52.1 Å². The fourth-order valence-electron chi connectivity index (χ4n) is 1.68. The van der Waals surface area contributed by atoms with E-state index in [1.807, 2.05) is 20.8 Å². The Bertz CT molecular complexity index is 377. The SMILES string of the molecule is CCC(CCO)NC(=O)Cn1nnnc1C(C)C. The molecule has 7 heteroatoms. The molecule has 0 bridgehead atoms. The van der Waals surface area contributed by atoms with Gasteiger partial charge in [0.25, 0.3) is 0 Å². The minimum atomic E-state index is -0.135. The summed E-state index contributed by atoms with van der Waals surface area (Å²) in [5, 5.41) is 23.0. The Balaban J connectivity index is 2.56. The molecule has 0 saturated heterocycles. The number of amides is 1. The molecule has 0 aliphatic rings. The van der Waals surface area contributed by atoms with Crippen LogP contribution in [0, 0.1) is 0 Å². The summed E-state index contributed by atoms with van der Waals surface area (Å²) in [6.45, 7) is 6.10. The van der Waals surface area contributed by atoms with Gasteiger partial charge >= 0.3 is 0 Å². The average molecular weight is 255 g/mol. The summed E-state index contributed by atoms with van der Waals surface area (Å²) in [4.78, 5) is 11.8. The second-order valence-corrected chi connectivity index (χ2v) is 4.53. The number of aliphatic hydroxyl groups is 1. The number of hydrogen-bond donors (Lipinski definition) is 2. The molecule has 0 aromatic carbocycles.